The minimum absolute atomic E-state index is 0.150. The number of aliphatic carboxylic acids is 1. The summed E-state index contributed by atoms with van der Waals surface area (Å²) in [5.74, 6) is -1.76. The van der Waals surface area contributed by atoms with E-state index in [1.54, 1.807) is 0 Å². The first-order valence-electron chi connectivity index (χ1n) is 7.88. The summed E-state index contributed by atoms with van der Waals surface area (Å²) in [6.07, 6.45) is -2.40. The number of hydrogen-bond donors (Lipinski definition) is 2. The van der Waals surface area contributed by atoms with E-state index in [2.05, 4.69) is 4.98 Å². The van der Waals surface area contributed by atoms with Crippen LogP contribution in [-0.2, 0) is 22.2 Å². The number of carboxylic acids is 1. The maximum absolute atomic E-state index is 12.5. The number of amides is 1. The molecule has 0 fully saturated rings. The van der Waals surface area contributed by atoms with Crippen LogP contribution in [0.25, 0.3) is 0 Å². The molecule has 0 spiro atoms. The summed E-state index contributed by atoms with van der Waals surface area (Å²) < 4.78 is 37.6. The molecule has 1 heterocycles. The number of unbranched alkanes of at least 4 members (excludes halogenated alkanes) is 1. The second kappa shape index (κ2) is 8.80. The second-order valence-corrected chi connectivity index (χ2v) is 5.78. The molecule has 3 N–H and O–H groups in total. The molecule has 0 saturated carbocycles. The molecule has 1 aromatic heterocycles. The molecule has 1 rings (SSSR count). The third-order valence-electron chi connectivity index (χ3n) is 3.63. The van der Waals surface area contributed by atoms with Crippen LogP contribution in [0.4, 0.5) is 13.2 Å². The first kappa shape index (κ1) is 20.9. The van der Waals surface area contributed by atoms with E-state index in [1.165, 1.54) is 17.9 Å². The molecular formula is C16H22F3N3O3. The van der Waals surface area contributed by atoms with Gasteiger partial charge in [0, 0.05) is 19.2 Å². The van der Waals surface area contributed by atoms with Crippen LogP contribution in [0.5, 0.6) is 0 Å². The smallest absolute Gasteiger partial charge is 0.433 e. The average Bonchev–Trinajstić information content (AvgIpc) is 2.53. The van der Waals surface area contributed by atoms with E-state index >= 15 is 0 Å². The molecule has 0 radical (unpaired) electrons. The van der Waals surface area contributed by atoms with E-state index in [0.29, 0.717) is 12.0 Å². The number of nitrogens with zero attached hydrogens (tertiary/aromatic N) is 2. The van der Waals surface area contributed by atoms with Gasteiger partial charge < -0.3 is 15.7 Å². The number of carbonyl (C=O) groups excluding carboxylic acids is 1. The summed E-state index contributed by atoms with van der Waals surface area (Å²) in [6.45, 7) is 3.56. The minimum atomic E-state index is -4.57. The quantitative estimate of drug-likeness (QED) is 0.739. The van der Waals surface area contributed by atoms with Crippen LogP contribution in [0.15, 0.2) is 18.3 Å². The molecule has 1 aromatic rings. The van der Waals surface area contributed by atoms with Crippen molar-refractivity contribution in [1.29, 1.82) is 0 Å². The molecule has 0 unspecified atom stereocenters. The highest BCUT2D eigenvalue weighted by Crippen LogP contribution is 2.27. The van der Waals surface area contributed by atoms with Gasteiger partial charge >= 0.3 is 12.1 Å². The Morgan fingerprint density at radius 1 is 1.36 bits per heavy atom. The third kappa shape index (κ3) is 6.00. The lowest BCUT2D eigenvalue weighted by Gasteiger charge is -2.30. The number of nitrogens with two attached hydrogens (primary N) is 1. The van der Waals surface area contributed by atoms with E-state index in [4.69, 9.17) is 5.73 Å². The van der Waals surface area contributed by atoms with Crippen LogP contribution in [0.2, 0.25) is 0 Å². The van der Waals surface area contributed by atoms with Gasteiger partial charge in [-0.2, -0.15) is 13.2 Å². The fourth-order valence-electron chi connectivity index (χ4n) is 2.28. The Bertz CT molecular complexity index is 589. The van der Waals surface area contributed by atoms with Gasteiger partial charge in [0.1, 0.15) is 11.7 Å². The molecule has 9 heteroatoms. The summed E-state index contributed by atoms with van der Waals surface area (Å²) in [6, 6.07) is -0.133. The Morgan fingerprint density at radius 2 is 2.00 bits per heavy atom. The lowest BCUT2D eigenvalue weighted by atomic mass is 10.0. The lowest BCUT2D eigenvalue weighted by molar-refractivity contribution is -0.150. The van der Waals surface area contributed by atoms with E-state index in [1.807, 2.05) is 6.92 Å². The van der Waals surface area contributed by atoms with Gasteiger partial charge in [-0.1, -0.05) is 19.4 Å². The standard InChI is InChI=1S/C16H22F3N3O3/c1-3-4-7-22(14(23)10(2)20)12(15(24)25)8-11-5-6-13(21-9-11)16(17,18)19/h5-6,9-10,12H,3-4,7-8,20H2,1-2H3,(H,24,25)/t10-,12+/m1/s1. The van der Waals surface area contributed by atoms with Gasteiger partial charge in [-0.3, -0.25) is 9.78 Å². The fraction of sp³-hybridized carbons (Fsp3) is 0.562. The Morgan fingerprint density at radius 3 is 2.40 bits per heavy atom. The Labute approximate surface area is 143 Å². The first-order valence-corrected chi connectivity index (χ1v) is 7.88. The molecule has 0 aliphatic rings. The number of halogens is 3. The summed E-state index contributed by atoms with van der Waals surface area (Å²) in [7, 11) is 0. The van der Waals surface area contributed by atoms with Crippen molar-refractivity contribution in [2.45, 2.75) is 51.4 Å². The van der Waals surface area contributed by atoms with Crippen molar-refractivity contribution < 1.29 is 27.9 Å². The topological polar surface area (TPSA) is 96.5 Å². The first-order chi connectivity index (χ1) is 11.6. The number of hydrogen-bond acceptors (Lipinski definition) is 4. The van der Waals surface area contributed by atoms with Gasteiger partial charge in [-0.15, -0.1) is 0 Å². The molecule has 2 atom stereocenters. The van der Waals surface area contributed by atoms with E-state index in [9.17, 15) is 27.9 Å². The second-order valence-electron chi connectivity index (χ2n) is 5.78. The molecule has 0 aliphatic heterocycles. The Hall–Kier alpha value is -2.16. The number of pyridine rings is 1. The van der Waals surface area contributed by atoms with Gasteiger partial charge in [0.15, 0.2) is 0 Å². The van der Waals surface area contributed by atoms with Crippen molar-refractivity contribution in [2.75, 3.05) is 6.54 Å². The Balaban J connectivity index is 3.04. The maximum atomic E-state index is 12.5. The van der Waals surface area contributed by atoms with E-state index in [-0.39, 0.29) is 13.0 Å². The molecule has 1 amide bonds. The number of aromatic nitrogens is 1. The monoisotopic (exact) mass is 361 g/mol. The number of rotatable bonds is 8. The molecule has 6 nitrogen and oxygen atoms in total. The van der Waals surface area contributed by atoms with Crippen LogP contribution in [-0.4, -0.2) is 45.5 Å². The van der Waals surface area contributed by atoms with Crippen LogP contribution >= 0.6 is 0 Å². The lowest BCUT2D eigenvalue weighted by Crippen LogP contribution is -2.52. The molecule has 0 saturated heterocycles. The average molecular weight is 361 g/mol. The normalized spacial score (nSPS) is 14.0. The summed E-state index contributed by atoms with van der Waals surface area (Å²) in [4.78, 5) is 28.4. The predicted molar refractivity (Wildman–Crippen MR) is 84.6 cm³/mol. The van der Waals surface area contributed by atoms with Crippen LogP contribution in [0, 0.1) is 0 Å². The minimum Gasteiger partial charge on any atom is -0.480 e. The molecular weight excluding hydrogens is 339 g/mol. The fourth-order valence-corrected chi connectivity index (χ4v) is 2.28. The Kier molecular flexibility index (Phi) is 7.35. The van der Waals surface area contributed by atoms with Gasteiger partial charge in [0.05, 0.1) is 6.04 Å². The third-order valence-corrected chi connectivity index (χ3v) is 3.63. The van der Waals surface area contributed by atoms with Gasteiger partial charge in [0.2, 0.25) is 5.91 Å². The zero-order valence-electron chi connectivity index (χ0n) is 14.1. The van der Waals surface area contributed by atoms with Crippen molar-refractivity contribution >= 4 is 11.9 Å². The van der Waals surface area contributed by atoms with Gasteiger partial charge in [-0.05, 0) is 25.0 Å². The van der Waals surface area contributed by atoms with Crippen molar-refractivity contribution in [3.63, 3.8) is 0 Å². The molecule has 0 aromatic carbocycles. The summed E-state index contributed by atoms with van der Waals surface area (Å²) in [5.41, 5.74) is 4.82. The molecule has 0 aliphatic carbocycles. The SMILES string of the molecule is CCCCN(C(=O)[C@@H](C)N)[C@@H](Cc1ccc(C(F)(F)F)nc1)C(=O)O. The highest BCUT2D eigenvalue weighted by Gasteiger charge is 2.33. The van der Waals surface area contributed by atoms with Crippen molar-refractivity contribution in [3.05, 3.63) is 29.6 Å². The predicted octanol–water partition coefficient (Wildman–Crippen LogP) is 2.07. The zero-order chi connectivity index (χ0) is 19.2. The summed E-state index contributed by atoms with van der Waals surface area (Å²) in [5, 5.41) is 9.48. The highest BCUT2D eigenvalue weighted by molar-refractivity contribution is 5.86. The molecule has 140 valence electrons. The van der Waals surface area contributed by atoms with Crippen LogP contribution in [0.1, 0.15) is 37.9 Å². The largest absolute Gasteiger partial charge is 0.480 e. The number of carbonyl (C=O) groups is 2. The maximum Gasteiger partial charge on any atom is 0.433 e. The van der Waals surface area contributed by atoms with Crippen molar-refractivity contribution in [3.8, 4) is 0 Å². The van der Waals surface area contributed by atoms with E-state index in [0.717, 1.165) is 18.7 Å². The van der Waals surface area contributed by atoms with Gasteiger partial charge in [0.25, 0.3) is 0 Å². The van der Waals surface area contributed by atoms with Crippen molar-refractivity contribution in [2.24, 2.45) is 5.73 Å². The summed E-state index contributed by atoms with van der Waals surface area (Å²) >= 11 is 0. The van der Waals surface area contributed by atoms with E-state index < -0.39 is 35.8 Å². The van der Waals surface area contributed by atoms with Crippen LogP contribution < -0.4 is 5.73 Å². The number of carboxylic acid groups (broad SMARTS) is 1. The van der Waals surface area contributed by atoms with Crippen molar-refractivity contribution in [1.82, 2.24) is 9.88 Å². The number of alkyl halides is 3. The zero-order valence-corrected chi connectivity index (χ0v) is 14.1. The van der Waals surface area contributed by atoms with Gasteiger partial charge in [-0.25, -0.2) is 4.79 Å². The molecule has 0 bridgehead atoms. The molecule has 25 heavy (non-hydrogen) atoms. The highest BCUT2D eigenvalue weighted by atomic mass is 19.4. The van der Waals surface area contributed by atoms with Crippen LogP contribution in [0.3, 0.4) is 0 Å².